The molecule has 0 amide bonds. The number of hydrogen-bond donors (Lipinski definition) is 1. The molecule has 0 heterocycles. The SMILES string of the molecule is CCS(=O)(=O)CC(C)Nc1ccc(F)cc1C. The highest BCUT2D eigenvalue weighted by molar-refractivity contribution is 7.91. The molecule has 1 unspecified atom stereocenters. The minimum absolute atomic E-state index is 0.0836. The topological polar surface area (TPSA) is 46.2 Å². The minimum atomic E-state index is -3.00. The van der Waals surface area contributed by atoms with Gasteiger partial charge >= 0.3 is 0 Å². The summed E-state index contributed by atoms with van der Waals surface area (Å²) in [5.41, 5.74) is 1.54. The Bertz CT molecular complexity index is 485. The second-order valence-corrected chi connectivity index (χ2v) is 6.60. The molecule has 0 saturated heterocycles. The van der Waals surface area contributed by atoms with E-state index in [0.717, 1.165) is 11.3 Å². The van der Waals surface area contributed by atoms with Crippen LogP contribution in [-0.4, -0.2) is 26.0 Å². The number of rotatable bonds is 5. The van der Waals surface area contributed by atoms with Gasteiger partial charge < -0.3 is 5.32 Å². The van der Waals surface area contributed by atoms with Crippen molar-refractivity contribution in [2.75, 3.05) is 16.8 Å². The van der Waals surface area contributed by atoms with Gasteiger partial charge in [0, 0.05) is 17.5 Å². The lowest BCUT2D eigenvalue weighted by molar-refractivity contribution is 0.593. The van der Waals surface area contributed by atoms with Crippen LogP contribution in [0.2, 0.25) is 0 Å². The zero-order valence-electron chi connectivity index (χ0n) is 10.3. The van der Waals surface area contributed by atoms with Crippen LogP contribution in [0.4, 0.5) is 10.1 Å². The molecule has 0 saturated carbocycles. The molecule has 0 fully saturated rings. The van der Waals surface area contributed by atoms with Gasteiger partial charge in [-0.05, 0) is 37.6 Å². The normalized spacial score (nSPS) is 13.4. The van der Waals surface area contributed by atoms with Crippen LogP contribution in [-0.2, 0) is 9.84 Å². The van der Waals surface area contributed by atoms with Crippen LogP contribution in [0.1, 0.15) is 19.4 Å². The van der Waals surface area contributed by atoms with E-state index in [1.54, 1.807) is 26.8 Å². The number of nitrogens with one attached hydrogen (secondary N) is 1. The van der Waals surface area contributed by atoms with Crippen molar-refractivity contribution in [3.63, 3.8) is 0 Å². The Morgan fingerprint density at radius 1 is 1.41 bits per heavy atom. The lowest BCUT2D eigenvalue weighted by atomic mass is 10.2. The van der Waals surface area contributed by atoms with Gasteiger partial charge in [-0.2, -0.15) is 0 Å². The summed E-state index contributed by atoms with van der Waals surface area (Å²) in [4.78, 5) is 0. The monoisotopic (exact) mass is 259 g/mol. The molecule has 0 aliphatic rings. The second kappa shape index (κ2) is 5.49. The second-order valence-electron chi connectivity index (χ2n) is 4.20. The van der Waals surface area contributed by atoms with E-state index in [2.05, 4.69) is 5.32 Å². The van der Waals surface area contributed by atoms with E-state index in [9.17, 15) is 12.8 Å². The van der Waals surface area contributed by atoms with Gasteiger partial charge in [-0.25, -0.2) is 12.8 Å². The molecule has 1 aromatic rings. The predicted molar refractivity (Wildman–Crippen MR) is 68.5 cm³/mol. The van der Waals surface area contributed by atoms with Crippen LogP contribution in [0.5, 0.6) is 0 Å². The van der Waals surface area contributed by atoms with Crippen molar-refractivity contribution in [1.29, 1.82) is 0 Å². The summed E-state index contributed by atoms with van der Waals surface area (Å²) >= 11 is 0. The van der Waals surface area contributed by atoms with Crippen molar-refractivity contribution in [2.24, 2.45) is 0 Å². The standard InChI is InChI=1S/C12H18FNO2S/c1-4-17(15,16)8-10(3)14-12-6-5-11(13)7-9(12)2/h5-7,10,14H,4,8H2,1-3H3. The summed E-state index contributed by atoms with van der Waals surface area (Å²) in [5, 5.41) is 3.08. The zero-order chi connectivity index (χ0) is 13.1. The highest BCUT2D eigenvalue weighted by Gasteiger charge is 2.14. The van der Waals surface area contributed by atoms with Crippen LogP contribution in [0.3, 0.4) is 0 Å². The lowest BCUT2D eigenvalue weighted by Crippen LogP contribution is -2.27. The van der Waals surface area contributed by atoms with E-state index in [0.29, 0.717) is 0 Å². The maximum Gasteiger partial charge on any atom is 0.152 e. The Balaban J connectivity index is 2.72. The average Bonchev–Trinajstić information content (AvgIpc) is 2.21. The maximum atomic E-state index is 12.9. The summed E-state index contributed by atoms with van der Waals surface area (Å²) in [6.45, 7) is 5.22. The van der Waals surface area contributed by atoms with Crippen molar-refractivity contribution in [3.8, 4) is 0 Å². The molecule has 0 aliphatic heterocycles. The van der Waals surface area contributed by atoms with Crippen LogP contribution in [0, 0.1) is 12.7 Å². The third kappa shape index (κ3) is 4.34. The van der Waals surface area contributed by atoms with Crippen molar-refractivity contribution < 1.29 is 12.8 Å². The summed E-state index contributed by atoms with van der Waals surface area (Å²) in [6.07, 6.45) is 0. The van der Waals surface area contributed by atoms with Crippen LogP contribution in [0.25, 0.3) is 0 Å². The summed E-state index contributed by atoms with van der Waals surface area (Å²) in [5.74, 6) is -0.0660. The van der Waals surface area contributed by atoms with Gasteiger partial charge in [0.15, 0.2) is 9.84 Å². The molecule has 96 valence electrons. The number of hydrogen-bond acceptors (Lipinski definition) is 3. The maximum absolute atomic E-state index is 12.9. The molecule has 0 aromatic heterocycles. The van der Waals surface area contributed by atoms with E-state index >= 15 is 0 Å². The largest absolute Gasteiger partial charge is 0.381 e. The predicted octanol–water partition coefficient (Wildman–Crippen LogP) is 2.37. The first kappa shape index (κ1) is 14.0. The molecular weight excluding hydrogens is 241 g/mol. The van der Waals surface area contributed by atoms with Gasteiger partial charge in [0.05, 0.1) is 5.75 Å². The summed E-state index contributed by atoms with van der Waals surface area (Å²) in [6, 6.07) is 4.21. The smallest absolute Gasteiger partial charge is 0.152 e. The molecule has 0 bridgehead atoms. The van der Waals surface area contributed by atoms with Gasteiger partial charge in [0.2, 0.25) is 0 Å². The van der Waals surface area contributed by atoms with Gasteiger partial charge in [-0.15, -0.1) is 0 Å². The first-order valence-electron chi connectivity index (χ1n) is 5.57. The van der Waals surface area contributed by atoms with Crippen molar-refractivity contribution in [2.45, 2.75) is 26.8 Å². The number of anilines is 1. The first-order valence-corrected chi connectivity index (χ1v) is 7.39. The fourth-order valence-electron chi connectivity index (χ4n) is 1.59. The Kier molecular flexibility index (Phi) is 4.51. The molecule has 0 spiro atoms. The Morgan fingerprint density at radius 3 is 2.59 bits per heavy atom. The van der Waals surface area contributed by atoms with Gasteiger partial charge in [-0.1, -0.05) is 6.92 Å². The molecule has 1 atom stereocenters. The quantitative estimate of drug-likeness (QED) is 0.883. The molecule has 0 aliphatic carbocycles. The summed E-state index contributed by atoms with van der Waals surface area (Å²) in [7, 11) is -3.00. The number of halogens is 1. The Labute approximate surface area is 102 Å². The van der Waals surface area contributed by atoms with E-state index in [4.69, 9.17) is 0 Å². The van der Waals surface area contributed by atoms with E-state index in [-0.39, 0.29) is 23.4 Å². The number of benzene rings is 1. The number of sulfone groups is 1. The average molecular weight is 259 g/mol. The molecular formula is C12H18FNO2S. The van der Waals surface area contributed by atoms with Crippen molar-refractivity contribution >= 4 is 15.5 Å². The van der Waals surface area contributed by atoms with E-state index in [1.807, 2.05) is 0 Å². The van der Waals surface area contributed by atoms with E-state index < -0.39 is 9.84 Å². The van der Waals surface area contributed by atoms with Crippen molar-refractivity contribution in [3.05, 3.63) is 29.6 Å². The zero-order valence-corrected chi connectivity index (χ0v) is 11.1. The fourth-order valence-corrected chi connectivity index (χ4v) is 2.68. The molecule has 5 heteroatoms. The van der Waals surface area contributed by atoms with Crippen molar-refractivity contribution in [1.82, 2.24) is 0 Å². The number of aryl methyl sites for hydroxylation is 1. The molecule has 17 heavy (non-hydrogen) atoms. The molecule has 1 N–H and O–H groups in total. The third-order valence-electron chi connectivity index (χ3n) is 2.53. The highest BCUT2D eigenvalue weighted by Crippen LogP contribution is 2.17. The van der Waals surface area contributed by atoms with Gasteiger partial charge in [0.1, 0.15) is 5.82 Å². The lowest BCUT2D eigenvalue weighted by Gasteiger charge is -2.16. The highest BCUT2D eigenvalue weighted by atomic mass is 32.2. The Hall–Kier alpha value is -1.10. The Morgan fingerprint density at radius 2 is 2.06 bits per heavy atom. The molecule has 0 radical (unpaired) electrons. The third-order valence-corrected chi connectivity index (χ3v) is 4.42. The van der Waals surface area contributed by atoms with E-state index in [1.165, 1.54) is 12.1 Å². The van der Waals surface area contributed by atoms with Crippen LogP contribution >= 0.6 is 0 Å². The minimum Gasteiger partial charge on any atom is -0.381 e. The van der Waals surface area contributed by atoms with Crippen LogP contribution in [0.15, 0.2) is 18.2 Å². The fraction of sp³-hybridized carbons (Fsp3) is 0.500. The summed E-state index contributed by atoms with van der Waals surface area (Å²) < 4.78 is 35.8. The van der Waals surface area contributed by atoms with Crippen LogP contribution < -0.4 is 5.32 Å². The molecule has 3 nitrogen and oxygen atoms in total. The van der Waals surface area contributed by atoms with Gasteiger partial charge in [-0.3, -0.25) is 0 Å². The molecule has 1 rings (SSSR count). The van der Waals surface area contributed by atoms with Gasteiger partial charge in [0.25, 0.3) is 0 Å². The molecule has 1 aromatic carbocycles. The first-order chi connectivity index (χ1) is 7.84.